The highest BCUT2D eigenvalue weighted by Crippen LogP contribution is 2.29. The Morgan fingerprint density at radius 2 is 1.91 bits per heavy atom. The van der Waals surface area contributed by atoms with E-state index in [4.69, 9.17) is 5.73 Å². The summed E-state index contributed by atoms with van der Waals surface area (Å²) in [6, 6.07) is 11.5. The van der Waals surface area contributed by atoms with Crippen LogP contribution in [0.1, 0.15) is 15.9 Å². The van der Waals surface area contributed by atoms with E-state index in [1.165, 1.54) is 12.1 Å². The summed E-state index contributed by atoms with van der Waals surface area (Å²) in [4.78, 5) is 16.1. The molecule has 3 aromatic rings. The Kier molecular flexibility index (Phi) is 3.78. The number of nitrogens with zero attached hydrogens (tertiary/aromatic N) is 1. The highest BCUT2D eigenvalue weighted by atomic mass is 32.3. The van der Waals surface area contributed by atoms with Gasteiger partial charge in [-0.25, -0.2) is 9.78 Å². The van der Waals surface area contributed by atoms with Crippen LogP contribution in [-0.4, -0.2) is 19.4 Å². The highest BCUT2D eigenvalue weighted by Gasteiger charge is 2.26. The molecule has 0 bridgehead atoms. The van der Waals surface area contributed by atoms with Crippen molar-refractivity contribution in [3.05, 3.63) is 53.6 Å². The van der Waals surface area contributed by atoms with Gasteiger partial charge in [-0.15, -0.1) is 0 Å². The third kappa shape index (κ3) is 2.90. The van der Waals surface area contributed by atoms with Crippen molar-refractivity contribution < 1.29 is 17.4 Å². The summed E-state index contributed by atoms with van der Waals surface area (Å²) in [5.41, 5.74) is 7.21. The molecule has 0 saturated carbocycles. The van der Waals surface area contributed by atoms with Crippen molar-refractivity contribution in [1.29, 1.82) is 0 Å². The number of anilines is 1. The van der Waals surface area contributed by atoms with Crippen molar-refractivity contribution in [2.24, 2.45) is 0 Å². The number of fused-ring (bicyclic) bond motifs is 1. The lowest BCUT2D eigenvalue weighted by molar-refractivity contribution is 0.0748. The fourth-order valence-electron chi connectivity index (χ4n) is 2.04. The Morgan fingerprint density at radius 1 is 1.17 bits per heavy atom. The van der Waals surface area contributed by atoms with Crippen molar-refractivity contribution in [2.45, 2.75) is 11.3 Å². The van der Waals surface area contributed by atoms with Gasteiger partial charge in [0.15, 0.2) is 0 Å². The summed E-state index contributed by atoms with van der Waals surface area (Å²) in [7, 11) is -4.30. The van der Waals surface area contributed by atoms with E-state index in [1.54, 1.807) is 18.2 Å². The van der Waals surface area contributed by atoms with E-state index in [0.29, 0.717) is 10.2 Å². The average molecular weight is 348 g/mol. The van der Waals surface area contributed by atoms with Gasteiger partial charge in [0.25, 0.3) is 0 Å². The van der Waals surface area contributed by atoms with E-state index in [-0.39, 0.29) is 15.6 Å². The molecule has 0 spiro atoms. The molecule has 0 atom stereocenters. The van der Waals surface area contributed by atoms with Gasteiger partial charge in [0.2, 0.25) is 4.34 Å². The summed E-state index contributed by atoms with van der Waals surface area (Å²) in [6.45, 7) is 1.83. The van der Waals surface area contributed by atoms with Gasteiger partial charge in [0.1, 0.15) is 0 Å². The van der Waals surface area contributed by atoms with Crippen LogP contribution in [0.4, 0.5) is 5.69 Å². The molecule has 8 heteroatoms. The van der Waals surface area contributed by atoms with Crippen molar-refractivity contribution in [1.82, 2.24) is 4.98 Å². The molecule has 23 heavy (non-hydrogen) atoms. The third-order valence-electron chi connectivity index (χ3n) is 3.18. The van der Waals surface area contributed by atoms with E-state index in [9.17, 15) is 13.2 Å². The minimum Gasteiger partial charge on any atom is -0.398 e. The molecule has 0 amide bonds. The molecule has 2 N–H and O–H groups in total. The third-order valence-corrected chi connectivity index (χ3v) is 5.75. The van der Waals surface area contributed by atoms with Crippen LogP contribution in [0.25, 0.3) is 10.2 Å². The zero-order valence-corrected chi connectivity index (χ0v) is 13.6. The Bertz CT molecular complexity index is 1010. The van der Waals surface area contributed by atoms with E-state index in [0.717, 1.165) is 16.9 Å². The molecule has 0 fully saturated rings. The zero-order valence-electron chi connectivity index (χ0n) is 12.0. The van der Waals surface area contributed by atoms with Crippen LogP contribution in [0.2, 0.25) is 0 Å². The standard InChI is InChI=1S/C15H12N2O4S2/c1-9-5-4-8-12-13(9)17-15(22-12)23(19,20)21-14(18)10-6-2-3-7-11(10)16/h2-8H,16H2,1H3. The average Bonchev–Trinajstić information content (AvgIpc) is 2.93. The molecular weight excluding hydrogens is 336 g/mol. The topological polar surface area (TPSA) is 99.4 Å². The fraction of sp³-hybridized carbons (Fsp3) is 0.0667. The van der Waals surface area contributed by atoms with Crippen LogP contribution in [0, 0.1) is 6.92 Å². The van der Waals surface area contributed by atoms with Crippen LogP contribution in [0.5, 0.6) is 0 Å². The molecular formula is C15H12N2O4S2. The molecule has 6 nitrogen and oxygen atoms in total. The molecule has 0 aliphatic carbocycles. The van der Waals surface area contributed by atoms with Crippen LogP contribution in [-0.2, 0) is 14.3 Å². The lowest BCUT2D eigenvalue weighted by atomic mass is 10.2. The number of rotatable bonds is 3. The van der Waals surface area contributed by atoms with Gasteiger partial charge in [0, 0.05) is 5.69 Å². The van der Waals surface area contributed by atoms with Crippen molar-refractivity contribution in [3.8, 4) is 0 Å². The zero-order chi connectivity index (χ0) is 16.6. The summed E-state index contributed by atoms with van der Waals surface area (Å²) < 4.78 is 29.7. The predicted molar refractivity (Wildman–Crippen MR) is 87.8 cm³/mol. The van der Waals surface area contributed by atoms with Gasteiger partial charge in [-0.3, -0.25) is 0 Å². The lowest BCUT2D eigenvalue weighted by Gasteiger charge is -2.05. The number of aromatic nitrogens is 1. The first-order valence-electron chi connectivity index (χ1n) is 6.58. The first-order valence-corrected chi connectivity index (χ1v) is 8.80. The molecule has 0 aliphatic heterocycles. The second-order valence-corrected chi connectivity index (χ2v) is 7.56. The Labute approximate surface area is 136 Å². The quantitative estimate of drug-likeness (QED) is 0.577. The smallest absolute Gasteiger partial charge is 0.369 e. The summed E-state index contributed by atoms with van der Waals surface area (Å²) in [6.07, 6.45) is 0. The number of nitrogen functional groups attached to an aromatic ring is 1. The van der Waals surface area contributed by atoms with E-state index in [2.05, 4.69) is 9.17 Å². The number of para-hydroxylation sites is 2. The molecule has 118 valence electrons. The number of carbonyl (C=O) groups is 1. The van der Waals surface area contributed by atoms with Gasteiger partial charge in [-0.2, -0.15) is 8.42 Å². The number of hydrogen-bond donors (Lipinski definition) is 1. The van der Waals surface area contributed by atoms with Crippen LogP contribution < -0.4 is 5.73 Å². The van der Waals surface area contributed by atoms with Crippen LogP contribution in [0.15, 0.2) is 46.8 Å². The molecule has 0 radical (unpaired) electrons. The number of thiazole rings is 1. The van der Waals surface area contributed by atoms with Crippen LogP contribution in [0.3, 0.4) is 0 Å². The van der Waals surface area contributed by atoms with Crippen molar-refractivity contribution in [3.63, 3.8) is 0 Å². The normalized spacial score (nSPS) is 11.5. The SMILES string of the molecule is Cc1cccc2sc(S(=O)(=O)OC(=O)c3ccccc3N)nc12. The maximum absolute atomic E-state index is 12.3. The Morgan fingerprint density at radius 3 is 2.61 bits per heavy atom. The maximum Gasteiger partial charge on any atom is 0.369 e. The molecule has 0 aliphatic rings. The molecule has 2 aromatic carbocycles. The van der Waals surface area contributed by atoms with Crippen molar-refractivity contribution >= 4 is 43.3 Å². The van der Waals surface area contributed by atoms with E-state index < -0.39 is 16.1 Å². The second kappa shape index (κ2) is 5.64. The number of aryl methyl sites for hydroxylation is 1. The minimum atomic E-state index is -4.30. The molecule has 0 saturated heterocycles. The summed E-state index contributed by atoms with van der Waals surface area (Å²) in [5.74, 6) is -1.03. The molecule has 1 heterocycles. The monoisotopic (exact) mass is 348 g/mol. The Balaban J connectivity index is 1.96. The first kappa shape index (κ1) is 15.4. The largest absolute Gasteiger partial charge is 0.398 e. The number of nitrogens with two attached hydrogens (primary N) is 1. The van der Waals surface area contributed by atoms with E-state index >= 15 is 0 Å². The van der Waals surface area contributed by atoms with Gasteiger partial charge in [-0.05, 0) is 30.7 Å². The Hall–Kier alpha value is -2.45. The number of benzene rings is 2. The van der Waals surface area contributed by atoms with Gasteiger partial charge in [-0.1, -0.05) is 35.6 Å². The van der Waals surface area contributed by atoms with Crippen molar-refractivity contribution in [2.75, 3.05) is 5.73 Å². The molecule has 1 aromatic heterocycles. The highest BCUT2D eigenvalue weighted by molar-refractivity contribution is 7.89. The molecule has 0 unspecified atom stereocenters. The number of carbonyl (C=O) groups excluding carboxylic acids is 1. The predicted octanol–water partition coefficient (Wildman–Crippen LogP) is 2.73. The summed E-state index contributed by atoms with van der Waals surface area (Å²) in [5, 5.41) is 0. The fourth-order valence-corrected chi connectivity index (χ4v) is 4.15. The molecule has 3 rings (SSSR count). The van der Waals surface area contributed by atoms with Gasteiger partial charge >= 0.3 is 16.1 Å². The van der Waals surface area contributed by atoms with Gasteiger partial charge in [0.05, 0.1) is 15.8 Å². The second-order valence-electron chi connectivity index (χ2n) is 4.81. The van der Waals surface area contributed by atoms with Crippen LogP contribution >= 0.6 is 11.3 Å². The van der Waals surface area contributed by atoms with Gasteiger partial charge < -0.3 is 9.92 Å². The first-order chi connectivity index (χ1) is 10.9. The minimum absolute atomic E-state index is 0.00614. The summed E-state index contributed by atoms with van der Waals surface area (Å²) >= 11 is 0.952. The number of hydrogen-bond acceptors (Lipinski definition) is 7. The van der Waals surface area contributed by atoms with E-state index in [1.807, 2.05) is 19.1 Å². The lowest BCUT2D eigenvalue weighted by Crippen LogP contribution is -2.14. The maximum atomic E-state index is 12.3.